The monoisotopic (exact) mass is 514 g/mol. The predicted octanol–water partition coefficient (Wildman–Crippen LogP) is 2.89. The number of hydrogen-bond donors (Lipinski definition) is 4. The Morgan fingerprint density at radius 2 is 1.97 bits per heavy atom. The zero-order chi connectivity index (χ0) is 26.8. The summed E-state index contributed by atoms with van der Waals surface area (Å²) in [6.45, 7) is 9.21. The molecule has 1 aliphatic carbocycles. The first kappa shape index (κ1) is 27.6. The molecule has 0 radical (unpaired) electrons. The number of methoxy groups -OCH3 is 1. The second kappa shape index (κ2) is 11.1. The van der Waals surface area contributed by atoms with E-state index in [0.717, 1.165) is 31.4 Å². The van der Waals surface area contributed by atoms with E-state index in [4.69, 9.17) is 19.9 Å². The lowest BCUT2D eigenvalue weighted by Crippen LogP contribution is -2.60. The van der Waals surface area contributed by atoms with Gasteiger partial charge in [0.25, 0.3) is 0 Å². The SMILES string of the molecule is CO[C@H]1C(C2(C)O[C@@H]2CC=C(C)C)[C@]2(CC[C@H]1NC(=O)NCCc1ccc(NC(=O)[C@H](C)N)cc1)CO2. The maximum absolute atomic E-state index is 12.8. The van der Waals surface area contributed by atoms with Crippen LogP contribution in [-0.4, -0.2) is 67.7 Å². The van der Waals surface area contributed by atoms with Crippen LogP contribution in [0.4, 0.5) is 10.5 Å². The topological polar surface area (TPSA) is 131 Å². The van der Waals surface area contributed by atoms with Crippen LogP contribution in [0.5, 0.6) is 0 Å². The molecular weight excluding hydrogens is 472 g/mol. The molecule has 9 nitrogen and oxygen atoms in total. The van der Waals surface area contributed by atoms with E-state index in [1.54, 1.807) is 14.0 Å². The molecule has 9 heteroatoms. The van der Waals surface area contributed by atoms with Crippen LogP contribution >= 0.6 is 0 Å². The lowest BCUT2D eigenvalue weighted by atomic mass is 9.67. The summed E-state index contributed by atoms with van der Waals surface area (Å²) < 4.78 is 18.3. The zero-order valence-corrected chi connectivity index (χ0v) is 22.6. The Bertz CT molecular complexity index is 1000. The van der Waals surface area contributed by atoms with E-state index >= 15 is 0 Å². The molecule has 0 bridgehead atoms. The van der Waals surface area contributed by atoms with E-state index in [0.29, 0.717) is 18.7 Å². The molecule has 2 saturated heterocycles. The van der Waals surface area contributed by atoms with Crippen molar-refractivity contribution >= 4 is 17.6 Å². The van der Waals surface area contributed by atoms with Gasteiger partial charge in [-0.05, 0) is 71.1 Å². The molecule has 3 fully saturated rings. The van der Waals surface area contributed by atoms with Gasteiger partial charge in [-0.2, -0.15) is 0 Å². The molecule has 2 aliphatic heterocycles. The van der Waals surface area contributed by atoms with Crippen LogP contribution in [0.3, 0.4) is 0 Å². The molecule has 4 rings (SSSR count). The standard InChI is InChI=1S/C28H42N4O5/c1-17(2)6-11-22-27(4,37-22)24-23(35-5)21(12-14-28(24)16-36-28)32-26(34)30-15-13-19-7-9-20(10-8-19)31-25(33)18(3)29/h6-10,18,21-24H,11-16,29H2,1-5H3,(H,31,33)(H2,30,32,34)/t18-,21+,22+,23+,24?,27?,28-/m0/s1. The molecule has 5 N–H and O–H groups in total. The number of hydrogen-bond acceptors (Lipinski definition) is 6. The number of allylic oxidation sites excluding steroid dienone is 1. The molecule has 1 aromatic rings. The number of epoxide rings is 2. The summed E-state index contributed by atoms with van der Waals surface area (Å²) in [7, 11) is 1.71. The summed E-state index contributed by atoms with van der Waals surface area (Å²) in [5.41, 5.74) is 8.08. The first-order valence-corrected chi connectivity index (χ1v) is 13.3. The number of nitrogens with one attached hydrogen (secondary N) is 3. The Morgan fingerprint density at radius 3 is 2.57 bits per heavy atom. The zero-order valence-electron chi connectivity index (χ0n) is 22.6. The fraction of sp³-hybridized carbons (Fsp3) is 0.643. The van der Waals surface area contributed by atoms with E-state index in [1.165, 1.54) is 5.57 Å². The van der Waals surface area contributed by atoms with Gasteiger partial charge in [0.2, 0.25) is 5.91 Å². The second-order valence-corrected chi connectivity index (χ2v) is 11.1. The summed E-state index contributed by atoms with van der Waals surface area (Å²) in [5, 5.41) is 8.89. The average Bonchev–Trinajstić information content (AvgIpc) is 3.77. The minimum absolute atomic E-state index is 0.0564. The fourth-order valence-corrected chi connectivity index (χ4v) is 5.69. The van der Waals surface area contributed by atoms with E-state index in [1.807, 2.05) is 24.3 Å². The predicted molar refractivity (Wildman–Crippen MR) is 142 cm³/mol. The molecule has 2 unspecified atom stereocenters. The molecule has 3 aliphatic rings. The molecular formula is C28H42N4O5. The van der Waals surface area contributed by atoms with Gasteiger partial charge in [0, 0.05) is 25.3 Å². The van der Waals surface area contributed by atoms with Gasteiger partial charge in [-0.1, -0.05) is 23.8 Å². The van der Waals surface area contributed by atoms with Crippen molar-refractivity contribution in [1.29, 1.82) is 0 Å². The molecule has 1 saturated carbocycles. The molecule has 1 aromatic carbocycles. The number of amides is 3. The number of nitrogens with two attached hydrogens (primary N) is 1. The van der Waals surface area contributed by atoms with Crippen molar-refractivity contribution in [2.45, 2.75) is 88.9 Å². The van der Waals surface area contributed by atoms with E-state index in [2.05, 4.69) is 42.8 Å². The van der Waals surface area contributed by atoms with Gasteiger partial charge in [-0.15, -0.1) is 0 Å². The third kappa shape index (κ3) is 6.34. The van der Waals surface area contributed by atoms with Gasteiger partial charge in [0.1, 0.15) is 5.60 Å². The molecule has 37 heavy (non-hydrogen) atoms. The fourth-order valence-electron chi connectivity index (χ4n) is 5.69. The quantitative estimate of drug-likeness (QED) is 0.281. The largest absolute Gasteiger partial charge is 0.379 e. The van der Waals surface area contributed by atoms with Crippen molar-refractivity contribution in [2.24, 2.45) is 11.7 Å². The van der Waals surface area contributed by atoms with Gasteiger partial charge in [0.15, 0.2) is 0 Å². The second-order valence-electron chi connectivity index (χ2n) is 11.1. The van der Waals surface area contributed by atoms with Gasteiger partial charge in [-0.25, -0.2) is 4.79 Å². The lowest BCUT2D eigenvalue weighted by Gasteiger charge is -2.43. The van der Waals surface area contributed by atoms with Crippen LogP contribution in [0.25, 0.3) is 0 Å². The molecule has 2 heterocycles. The van der Waals surface area contributed by atoms with Crippen molar-refractivity contribution in [1.82, 2.24) is 10.6 Å². The van der Waals surface area contributed by atoms with Crippen LogP contribution in [0.15, 0.2) is 35.9 Å². The highest BCUT2D eigenvalue weighted by molar-refractivity contribution is 5.94. The van der Waals surface area contributed by atoms with Crippen LogP contribution in [0.1, 0.15) is 52.5 Å². The number of urea groups is 1. The Kier molecular flexibility index (Phi) is 8.28. The minimum atomic E-state index is -0.564. The first-order chi connectivity index (χ1) is 17.6. The molecule has 1 spiro atoms. The smallest absolute Gasteiger partial charge is 0.315 e. The van der Waals surface area contributed by atoms with Crippen LogP contribution in [-0.2, 0) is 25.4 Å². The van der Waals surface area contributed by atoms with Crippen LogP contribution in [0, 0.1) is 5.92 Å². The highest BCUT2D eigenvalue weighted by atomic mass is 16.6. The number of ether oxygens (including phenoxy) is 3. The number of carbonyl (C=O) groups is 2. The highest BCUT2D eigenvalue weighted by Gasteiger charge is 2.71. The summed E-state index contributed by atoms with van der Waals surface area (Å²) >= 11 is 0. The van der Waals surface area contributed by atoms with Crippen molar-refractivity contribution in [3.05, 3.63) is 41.5 Å². The number of rotatable bonds is 10. The van der Waals surface area contributed by atoms with Gasteiger partial charge >= 0.3 is 6.03 Å². The summed E-state index contributed by atoms with van der Waals surface area (Å²) in [6.07, 6.45) is 5.38. The average molecular weight is 515 g/mol. The summed E-state index contributed by atoms with van der Waals surface area (Å²) in [6, 6.07) is 6.64. The van der Waals surface area contributed by atoms with Gasteiger partial charge in [0.05, 0.1) is 36.5 Å². The van der Waals surface area contributed by atoms with Crippen LogP contribution < -0.4 is 21.7 Å². The van der Waals surface area contributed by atoms with E-state index < -0.39 is 6.04 Å². The molecule has 204 valence electrons. The van der Waals surface area contributed by atoms with Gasteiger partial charge in [-0.3, -0.25) is 4.79 Å². The molecule has 7 atom stereocenters. The Morgan fingerprint density at radius 1 is 1.27 bits per heavy atom. The maximum atomic E-state index is 12.8. The lowest BCUT2D eigenvalue weighted by molar-refractivity contribution is -0.117. The molecule has 0 aromatic heterocycles. The third-order valence-electron chi connectivity index (χ3n) is 7.94. The van der Waals surface area contributed by atoms with Crippen LogP contribution in [0.2, 0.25) is 0 Å². The van der Waals surface area contributed by atoms with Gasteiger partial charge < -0.3 is 35.9 Å². The summed E-state index contributed by atoms with van der Waals surface area (Å²) in [4.78, 5) is 24.5. The third-order valence-corrected chi connectivity index (χ3v) is 7.94. The highest BCUT2D eigenvalue weighted by Crippen LogP contribution is 2.59. The Hall–Kier alpha value is -2.46. The number of carbonyl (C=O) groups excluding carboxylic acids is 2. The van der Waals surface area contributed by atoms with Crippen molar-refractivity contribution in [3.8, 4) is 0 Å². The number of benzene rings is 1. The van der Waals surface area contributed by atoms with Crippen molar-refractivity contribution < 1.29 is 23.8 Å². The summed E-state index contributed by atoms with van der Waals surface area (Å²) in [5.74, 6) is -0.170. The maximum Gasteiger partial charge on any atom is 0.315 e. The van der Waals surface area contributed by atoms with E-state index in [9.17, 15) is 9.59 Å². The molecule has 3 amide bonds. The Labute approximate surface area is 219 Å². The minimum Gasteiger partial charge on any atom is -0.379 e. The first-order valence-electron chi connectivity index (χ1n) is 13.3. The van der Waals surface area contributed by atoms with Crippen molar-refractivity contribution in [2.75, 3.05) is 25.6 Å². The normalized spacial score (nSPS) is 32.8. The number of anilines is 1. The Balaban J connectivity index is 1.29. The van der Waals surface area contributed by atoms with Crippen molar-refractivity contribution in [3.63, 3.8) is 0 Å². The van der Waals surface area contributed by atoms with E-state index in [-0.39, 0.29) is 47.3 Å².